The standard InChI is InChI=1S/C29H36N4OS/c1-22-7-6-8-23(19-22)13-14-28(34)30-20-24-9-2-3-10-25(24)21-32-15-17-33(18-16-32)29-26-11-4-5-12-27(26)35-31-29/h4-8,11-14,19,24-25H,2-3,9-10,15-18,20-21H2,1H3,(H,30,34)/t24-,25+/m0/s1. The van der Waals surface area contributed by atoms with E-state index in [2.05, 4.69) is 58.4 Å². The number of nitrogens with zero attached hydrogens (tertiary/aromatic N) is 3. The highest BCUT2D eigenvalue weighted by molar-refractivity contribution is 7.13. The Morgan fingerprint density at radius 3 is 2.69 bits per heavy atom. The van der Waals surface area contributed by atoms with Gasteiger partial charge >= 0.3 is 0 Å². The summed E-state index contributed by atoms with van der Waals surface area (Å²) in [4.78, 5) is 17.5. The zero-order valence-corrected chi connectivity index (χ0v) is 21.5. The molecule has 35 heavy (non-hydrogen) atoms. The molecule has 1 saturated heterocycles. The smallest absolute Gasteiger partial charge is 0.244 e. The maximum absolute atomic E-state index is 12.5. The van der Waals surface area contributed by atoms with Crippen LogP contribution in [0.25, 0.3) is 16.2 Å². The average molecular weight is 489 g/mol. The normalized spacial score (nSPS) is 21.6. The third-order valence-electron chi connectivity index (χ3n) is 7.60. The lowest BCUT2D eigenvalue weighted by Gasteiger charge is -2.40. The van der Waals surface area contributed by atoms with Crippen molar-refractivity contribution < 1.29 is 4.79 Å². The van der Waals surface area contributed by atoms with Crippen LogP contribution in [0.4, 0.5) is 5.82 Å². The summed E-state index contributed by atoms with van der Waals surface area (Å²) in [6.07, 6.45) is 8.67. The first-order chi connectivity index (χ1) is 17.2. The number of benzene rings is 2. The fraction of sp³-hybridized carbons (Fsp3) is 0.448. The van der Waals surface area contributed by atoms with Crippen molar-refractivity contribution in [1.82, 2.24) is 14.6 Å². The molecule has 1 aliphatic heterocycles. The average Bonchev–Trinajstić information content (AvgIpc) is 3.32. The molecular weight excluding hydrogens is 452 g/mol. The highest BCUT2D eigenvalue weighted by Crippen LogP contribution is 2.32. The largest absolute Gasteiger partial charge is 0.353 e. The number of carbonyl (C=O) groups is 1. The van der Waals surface area contributed by atoms with Crippen LogP contribution in [-0.4, -0.2) is 54.4 Å². The van der Waals surface area contributed by atoms with Crippen LogP contribution in [0.3, 0.4) is 0 Å². The number of amides is 1. The van der Waals surface area contributed by atoms with Gasteiger partial charge in [-0.15, -0.1) is 0 Å². The summed E-state index contributed by atoms with van der Waals surface area (Å²) in [5, 5.41) is 4.47. The van der Waals surface area contributed by atoms with Gasteiger partial charge in [-0.3, -0.25) is 9.69 Å². The van der Waals surface area contributed by atoms with Crippen LogP contribution in [0.5, 0.6) is 0 Å². The highest BCUT2D eigenvalue weighted by atomic mass is 32.1. The molecule has 1 aliphatic carbocycles. The molecule has 5 nitrogen and oxygen atoms in total. The van der Waals surface area contributed by atoms with Crippen molar-refractivity contribution >= 4 is 39.4 Å². The maximum Gasteiger partial charge on any atom is 0.244 e. The summed E-state index contributed by atoms with van der Waals surface area (Å²) in [5.74, 6) is 2.40. The van der Waals surface area contributed by atoms with Gasteiger partial charge in [-0.2, -0.15) is 4.37 Å². The van der Waals surface area contributed by atoms with Gasteiger partial charge in [0.1, 0.15) is 5.82 Å². The van der Waals surface area contributed by atoms with Crippen LogP contribution in [0.1, 0.15) is 36.8 Å². The van der Waals surface area contributed by atoms with Crippen molar-refractivity contribution in [3.05, 3.63) is 65.7 Å². The SMILES string of the molecule is Cc1cccc(C=CC(=O)NC[C@@H]2CCCC[C@@H]2CN2CCN(c3nsc4ccccc34)CC2)c1. The van der Waals surface area contributed by atoms with Crippen LogP contribution >= 0.6 is 11.5 Å². The van der Waals surface area contributed by atoms with E-state index in [9.17, 15) is 4.79 Å². The van der Waals surface area contributed by atoms with Gasteiger partial charge in [0, 0.05) is 50.7 Å². The van der Waals surface area contributed by atoms with Gasteiger partial charge in [0.25, 0.3) is 0 Å². The first-order valence-electron chi connectivity index (χ1n) is 13.0. The Balaban J connectivity index is 1.11. The van der Waals surface area contributed by atoms with Crippen LogP contribution in [-0.2, 0) is 4.79 Å². The zero-order valence-electron chi connectivity index (χ0n) is 20.7. The summed E-state index contributed by atoms with van der Waals surface area (Å²) in [7, 11) is 0. The lowest BCUT2D eigenvalue weighted by molar-refractivity contribution is -0.116. The van der Waals surface area contributed by atoms with E-state index in [0.717, 1.165) is 50.6 Å². The number of aromatic nitrogens is 1. The summed E-state index contributed by atoms with van der Waals surface area (Å²) >= 11 is 1.60. The van der Waals surface area contributed by atoms with Gasteiger partial charge in [0.05, 0.1) is 4.70 Å². The highest BCUT2D eigenvalue weighted by Gasteiger charge is 2.29. The maximum atomic E-state index is 12.5. The van der Waals surface area contributed by atoms with Crippen molar-refractivity contribution in [2.75, 3.05) is 44.2 Å². The van der Waals surface area contributed by atoms with Crippen LogP contribution in [0, 0.1) is 18.8 Å². The van der Waals surface area contributed by atoms with Gasteiger partial charge in [0.15, 0.2) is 0 Å². The van der Waals surface area contributed by atoms with Crippen molar-refractivity contribution in [2.45, 2.75) is 32.6 Å². The van der Waals surface area contributed by atoms with Gasteiger partial charge in [0.2, 0.25) is 5.91 Å². The van der Waals surface area contributed by atoms with E-state index in [4.69, 9.17) is 4.37 Å². The predicted octanol–water partition coefficient (Wildman–Crippen LogP) is 5.36. The molecular formula is C29H36N4OS. The number of fused-ring (bicyclic) bond motifs is 1. The topological polar surface area (TPSA) is 48.5 Å². The molecule has 2 aliphatic rings. The van der Waals surface area contributed by atoms with E-state index in [1.54, 1.807) is 17.6 Å². The molecule has 0 unspecified atom stereocenters. The molecule has 5 rings (SSSR count). The van der Waals surface area contributed by atoms with Crippen molar-refractivity contribution in [2.24, 2.45) is 11.8 Å². The Morgan fingerprint density at radius 1 is 1.06 bits per heavy atom. The molecule has 1 saturated carbocycles. The number of aryl methyl sites for hydroxylation is 1. The third-order valence-corrected chi connectivity index (χ3v) is 8.41. The third kappa shape index (κ3) is 6.11. The van der Waals surface area contributed by atoms with E-state index in [1.165, 1.54) is 41.3 Å². The van der Waals surface area contributed by atoms with Crippen LogP contribution < -0.4 is 10.2 Å². The van der Waals surface area contributed by atoms with E-state index >= 15 is 0 Å². The zero-order chi connectivity index (χ0) is 24.0. The molecule has 2 aromatic carbocycles. The Labute approximate surface area is 213 Å². The lowest BCUT2D eigenvalue weighted by Crippen LogP contribution is -2.49. The number of hydrogen-bond acceptors (Lipinski definition) is 5. The number of hydrogen-bond donors (Lipinski definition) is 1. The first kappa shape index (κ1) is 24.0. The minimum Gasteiger partial charge on any atom is -0.353 e. The Kier molecular flexibility index (Phi) is 7.79. The van der Waals surface area contributed by atoms with Gasteiger partial charge in [-0.1, -0.05) is 54.8 Å². The van der Waals surface area contributed by atoms with Gasteiger partial charge in [-0.25, -0.2) is 0 Å². The molecule has 2 fully saturated rings. The monoisotopic (exact) mass is 488 g/mol. The summed E-state index contributed by atoms with van der Waals surface area (Å²) in [5.41, 5.74) is 2.28. The molecule has 184 valence electrons. The van der Waals surface area contributed by atoms with Gasteiger partial charge in [-0.05, 0) is 66.9 Å². The van der Waals surface area contributed by atoms with Crippen molar-refractivity contribution in [1.29, 1.82) is 0 Å². The Morgan fingerprint density at radius 2 is 1.86 bits per heavy atom. The summed E-state index contributed by atoms with van der Waals surface area (Å²) in [6, 6.07) is 16.8. The molecule has 0 radical (unpaired) electrons. The molecule has 2 heterocycles. The van der Waals surface area contributed by atoms with Gasteiger partial charge < -0.3 is 10.2 Å². The molecule has 6 heteroatoms. The number of piperazine rings is 1. The van der Waals surface area contributed by atoms with E-state index in [1.807, 2.05) is 18.2 Å². The second-order valence-corrected chi connectivity index (χ2v) is 10.9. The number of carbonyl (C=O) groups excluding carboxylic acids is 1. The molecule has 1 aromatic heterocycles. The van der Waals surface area contributed by atoms with Crippen molar-refractivity contribution in [3.63, 3.8) is 0 Å². The number of anilines is 1. The summed E-state index contributed by atoms with van der Waals surface area (Å²) in [6.45, 7) is 8.23. The number of rotatable bonds is 7. The lowest BCUT2D eigenvalue weighted by atomic mass is 9.78. The molecule has 2 atom stereocenters. The molecule has 1 N–H and O–H groups in total. The quantitative estimate of drug-likeness (QED) is 0.455. The second-order valence-electron chi connectivity index (χ2n) is 10.1. The Hall–Kier alpha value is -2.70. The minimum atomic E-state index is 0.0138. The van der Waals surface area contributed by atoms with Crippen LogP contribution in [0.15, 0.2) is 54.6 Å². The van der Waals surface area contributed by atoms with E-state index < -0.39 is 0 Å². The predicted molar refractivity (Wildman–Crippen MR) is 147 cm³/mol. The molecule has 0 spiro atoms. The summed E-state index contributed by atoms with van der Waals surface area (Å²) < 4.78 is 6.02. The number of nitrogens with one attached hydrogen (secondary N) is 1. The molecule has 1 amide bonds. The van der Waals surface area contributed by atoms with Crippen LogP contribution in [0.2, 0.25) is 0 Å². The first-order valence-corrected chi connectivity index (χ1v) is 13.8. The minimum absolute atomic E-state index is 0.0138. The van der Waals surface area contributed by atoms with E-state index in [-0.39, 0.29) is 5.91 Å². The molecule has 0 bridgehead atoms. The fourth-order valence-electron chi connectivity index (χ4n) is 5.60. The Bertz CT molecular complexity index is 1160. The van der Waals surface area contributed by atoms with E-state index in [0.29, 0.717) is 11.8 Å². The second kappa shape index (κ2) is 11.4. The fourth-order valence-corrected chi connectivity index (χ4v) is 6.40. The van der Waals surface area contributed by atoms with Crippen molar-refractivity contribution in [3.8, 4) is 0 Å². The molecule has 3 aromatic rings.